The Morgan fingerprint density at radius 2 is 1.96 bits per heavy atom. The fourth-order valence-electron chi connectivity index (χ4n) is 3.25. The van der Waals surface area contributed by atoms with Gasteiger partial charge in [-0.1, -0.05) is 30.3 Å². The van der Waals surface area contributed by atoms with Crippen molar-refractivity contribution in [2.24, 2.45) is 5.92 Å². The van der Waals surface area contributed by atoms with Gasteiger partial charge in [-0.3, -0.25) is 9.59 Å². The van der Waals surface area contributed by atoms with E-state index >= 15 is 0 Å². The van der Waals surface area contributed by atoms with Crippen molar-refractivity contribution < 1.29 is 18.7 Å². The Bertz CT molecular complexity index is 807. The van der Waals surface area contributed by atoms with Crippen molar-refractivity contribution in [2.75, 3.05) is 20.2 Å². The molecule has 3 rings (SSSR count). The molecule has 0 aromatic heterocycles. The van der Waals surface area contributed by atoms with Crippen molar-refractivity contribution in [3.05, 3.63) is 65.5 Å². The Balaban J connectivity index is 1.50. The van der Waals surface area contributed by atoms with Gasteiger partial charge in [0.15, 0.2) is 0 Å². The summed E-state index contributed by atoms with van der Waals surface area (Å²) >= 11 is 0. The number of halogens is 1. The Morgan fingerprint density at radius 3 is 2.70 bits per heavy atom. The molecule has 0 spiro atoms. The molecule has 1 saturated heterocycles. The van der Waals surface area contributed by atoms with Gasteiger partial charge in [0.2, 0.25) is 11.8 Å². The fraction of sp³-hybridized carbons (Fsp3) is 0.333. The van der Waals surface area contributed by atoms with Crippen LogP contribution in [-0.4, -0.2) is 36.9 Å². The van der Waals surface area contributed by atoms with Gasteiger partial charge in [-0.25, -0.2) is 4.39 Å². The first kappa shape index (κ1) is 18.9. The van der Waals surface area contributed by atoms with E-state index in [-0.39, 0.29) is 30.0 Å². The lowest BCUT2D eigenvalue weighted by molar-refractivity contribution is -0.129. The number of likely N-dealkylation sites (tertiary alicyclic amines) is 1. The average Bonchev–Trinajstić information content (AvgIpc) is 3.06. The van der Waals surface area contributed by atoms with Gasteiger partial charge in [-0.15, -0.1) is 0 Å². The summed E-state index contributed by atoms with van der Waals surface area (Å²) < 4.78 is 18.2. The molecule has 2 aromatic carbocycles. The first-order chi connectivity index (χ1) is 13.1. The van der Waals surface area contributed by atoms with E-state index < -0.39 is 0 Å². The summed E-state index contributed by atoms with van der Waals surface area (Å²) in [6.07, 6.45) is 0.864. The second-order valence-corrected chi connectivity index (χ2v) is 6.65. The summed E-state index contributed by atoms with van der Waals surface area (Å²) in [5.74, 6) is -0.0440. The number of benzene rings is 2. The molecule has 6 heteroatoms. The van der Waals surface area contributed by atoms with Crippen molar-refractivity contribution in [1.29, 1.82) is 0 Å². The molecule has 1 heterocycles. The van der Waals surface area contributed by atoms with Gasteiger partial charge in [-0.2, -0.15) is 0 Å². The molecule has 0 saturated carbocycles. The molecule has 1 aliphatic rings. The third kappa shape index (κ3) is 4.84. The smallest absolute Gasteiger partial charge is 0.225 e. The summed E-state index contributed by atoms with van der Waals surface area (Å²) in [5.41, 5.74) is 1.86. The Morgan fingerprint density at radius 1 is 1.22 bits per heavy atom. The highest BCUT2D eigenvalue weighted by Gasteiger charge is 2.33. The predicted octanol–water partition coefficient (Wildman–Crippen LogP) is 2.54. The molecular formula is C21H23FN2O3. The summed E-state index contributed by atoms with van der Waals surface area (Å²) in [6.45, 7) is 1.31. The lowest BCUT2D eigenvalue weighted by Crippen LogP contribution is -2.33. The summed E-state index contributed by atoms with van der Waals surface area (Å²) in [5, 5.41) is 2.90. The number of carbonyl (C=O) groups excluding carboxylic acids is 2. The normalized spacial score (nSPS) is 16.4. The standard InChI is InChI=1S/C21H23FN2O3/c1-27-19-5-3-2-4-16(19)13-23-21(26)17-12-20(25)24(14-17)11-10-15-6-8-18(22)9-7-15/h2-9,17H,10-14H2,1H3,(H,23,26)/t17-/m0/s1. The van der Waals surface area contributed by atoms with Crippen molar-refractivity contribution in [3.63, 3.8) is 0 Å². The number of para-hydroxylation sites is 1. The van der Waals surface area contributed by atoms with Gasteiger partial charge in [0.25, 0.3) is 0 Å². The molecule has 1 fully saturated rings. The third-order valence-corrected chi connectivity index (χ3v) is 4.81. The minimum Gasteiger partial charge on any atom is -0.496 e. The average molecular weight is 370 g/mol. The summed E-state index contributed by atoms with van der Waals surface area (Å²) in [4.78, 5) is 26.4. The predicted molar refractivity (Wildman–Crippen MR) is 99.6 cm³/mol. The van der Waals surface area contributed by atoms with E-state index in [9.17, 15) is 14.0 Å². The number of rotatable bonds is 7. The van der Waals surface area contributed by atoms with Crippen LogP contribution in [0.1, 0.15) is 17.5 Å². The van der Waals surface area contributed by atoms with Crippen LogP contribution in [0.4, 0.5) is 4.39 Å². The van der Waals surface area contributed by atoms with E-state index in [0.29, 0.717) is 26.1 Å². The van der Waals surface area contributed by atoms with Gasteiger partial charge in [0.1, 0.15) is 11.6 Å². The topological polar surface area (TPSA) is 58.6 Å². The van der Waals surface area contributed by atoms with Crippen LogP contribution in [-0.2, 0) is 22.6 Å². The van der Waals surface area contributed by atoms with E-state index in [1.165, 1.54) is 12.1 Å². The van der Waals surface area contributed by atoms with Crippen LogP contribution in [0.5, 0.6) is 5.75 Å². The van der Waals surface area contributed by atoms with Crippen LogP contribution < -0.4 is 10.1 Å². The second-order valence-electron chi connectivity index (χ2n) is 6.65. The number of methoxy groups -OCH3 is 1. The molecule has 0 unspecified atom stereocenters. The number of ether oxygens (including phenoxy) is 1. The number of carbonyl (C=O) groups is 2. The van der Waals surface area contributed by atoms with Gasteiger partial charge in [-0.05, 0) is 30.2 Å². The molecule has 0 aliphatic carbocycles. The zero-order valence-corrected chi connectivity index (χ0v) is 15.3. The first-order valence-corrected chi connectivity index (χ1v) is 8.98. The molecule has 0 bridgehead atoms. The maximum atomic E-state index is 13.0. The number of nitrogens with zero attached hydrogens (tertiary/aromatic N) is 1. The number of amides is 2. The molecule has 1 aliphatic heterocycles. The lowest BCUT2D eigenvalue weighted by Gasteiger charge is -2.17. The Labute approximate surface area is 158 Å². The molecule has 2 aromatic rings. The minimum absolute atomic E-state index is 0.0189. The highest BCUT2D eigenvalue weighted by Crippen LogP contribution is 2.20. The number of hydrogen-bond acceptors (Lipinski definition) is 3. The van der Waals surface area contributed by atoms with Gasteiger partial charge in [0.05, 0.1) is 13.0 Å². The maximum Gasteiger partial charge on any atom is 0.225 e. The van der Waals surface area contributed by atoms with E-state index in [2.05, 4.69) is 5.32 Å². The van der Waals surface area contributed by atoms with Gasteiger partial charge in [0, 0.05) is 31.6 Å². The van der Waals surface area contributed by atoms with E-state index in [4.69, 9.17) is 4.74 Å². The van der Waals surface area contributed by atoms with Gasteiger partial charge >= 0.3 is 0 Å². The second kappa shape index (κ2) is 8.66. The molecule has 5 nitrogen and oxygen atoms in total. The zero-order valence-electron chi connectivity index (χ0n) is 15.3. The van der Waals surface area contributed by atoms with Crippen LogP contribution in [0, 0.1) is 11.7 Å². The summed E-state index contributed by atoms with van der Waals surface area (Å²) in [6, 6.07) is 13.8. The molecule has 0 radical (unpaired) electrons. The largest absolute Gasteiger partial charge is 0.496 e. The molecular weight excluding hydrogens is 347 g/mol. The highest BCUT2D eigenvalue weighted by atomic mass is 19.1. The van der Waals surface area contributed by atoms with Crippen LogP contribution in [0.15, 0.2) is 48.5 Å². The van der Waals surface area contributed by atoms with E-state index in [0.717, 1.165) is 16.9 Å². The van der Waals surface area contributed by atoms with E-state index in [1.807, 2.05) is 24.3 Å². The molecule has 1 N–H and O–H groups in total. The Hall–Kier alpha value is -2.89. The van der Waals surface area contributed by atoms with Crippen LogP contribution >= 0.6 is 0 Å². The first-order valence-electron chi connectivity index (χ1n) is 8.98. The summed E-state index contributed by atoms with van der Waals surface area (Å²) in [7, 11) is 1.59. The Kier molecular flexibility index (Phi) is 6.06. The molecule has 27 heavy (non-hydrogen) atoms. The van der Waals surface area contributed by atoms with Crippen molar-refractivity contribution in [2.45, 2.75) is 19.4 Å². The van der Waals surface area contributed by atoms with Crippen molar-refractivity contribution >= 4 is 11.8 Å². The third-order valence-electron chi connectivity index (χ3n) is 4.81. The maximum absolute atomic E-state index is 13.0. The molecule has 142 valence electrons. The van der Waals surface area contributed by atoms with Crippen LogP contribution in [0.3, 0.4) is 0 Å². The minimum atomic E-state index is -0.347. The SMILES string of the molecule is COc1ccccc1CNC(=O)[C@H]1CC(=O)N(CCc2ccc(F)cc2)C1. The van der Waals surface area contributed by atoms with Crippen molar-refractivity contribution in [3.8, 4) is 5.75 Å². The van der Waals surface area contributed by atoms with Crippen molar-refractivity contribution in [1.82, 2.24) is 10.2 Å². The monoisotopic (exact) mass is 370 g/mol. The zero-order chi connectivity index (χ0) is 19.2. The lowest BCUT2D eigenvalue weighted by atomic mass is 10.1. The molecule has 1 atom stereocenters. The van der Waals surface area contributed by atoms with Gasteiger partial charge < -0.3 is 15.0 Å². The highest BCUT2D eigenvalue weighted by molar-refractivity contribution is 5.89. The molecule has 2 amide bonds. The fourth-order valence-corrected chi connectivity index (χ4v) is 3.25. The van der Waals surface area contributed by atoms with Crippen LogP contribution in [0.25, 0.3) is 0 Å². The quantitative estimate of drug-likeness (QED) is 0.815. The number of hydrogen-bond donors (Lipinski definition) is 1. The number of nitrogens with one attached hydrogen (secondary N) is 1. The van der Waals surface area contributed by atoms with E-state index in [1.54, 1.807) is 24.1 Å². The van der Waals surface area contributed by atoms with Crippen LogP contribution in [0.2, 0.25) is 0 Å².